The molecule has 2 heterocycles. The van der Waals surface area contributed by atoms with E-state index in [0.717, 1.165) is 36.5 Å². The first-order valence-corrected chi connectivity index (χ1v) is 10.5. The number of hydrogen-bond donors (Lipinski definition) is 2. The van der Waals surface area contributed by atoms with Gasteiger partial charge in [-0.25, -0.2) is 4.79 Å². The standard InChI is InChI=1S/C21H26N2O5S/c1-5-23-8-7-16-17(12-23)29-20(18(16)21(25)28-6-2)22-19(24)13-9-14(26-3)11-15(10-13)27-4/h9-11H,5-8,12H2,1-4H3,(H,22,24)/p+1. The molecule has 1 unspecified atom stereocenters. The predicted molar refractivity (Wildman–Crippen MR) is 112 cm³/mol. The molecular weight excluding hydrogens is 392 g/mol. The molecule has 156 valence electrons. The fourth-order valence-electron chi connectivity index (χ4n) is 3.46. The van der Waals surface area contributed by atoms with E-state index in [0.29, 0.717) is 27.6 Å². The van der Waals surface area contributed by atoms with Crippen LogP contribution in [0.5, 0.6) is 11.5 Å². The normalized spacial score (nSPS) is 15.4. The minimum absolute atomic E-state index is 0.288. The molecule has 29 heavy (non-hydrogen) atoms. The number of thiophene rings is 1. The van der Waals surface area contributed by atoms with E-state index in [2.05, 4.69) is 12.2 Å². The maximum Gasteiger partial charge on any atom is 0.341 e. The number of esters is 1. The minimum atomic E-state index is -0.386. The Labute approximate surface area is 174 Å². The Bertz CT molecular complexity index is 886. The molecule has 7 nitrogen and oxygen atoms in total. The van der Waals surface area contributed by atoms with Crippen molar-refractivity contribution in [2.45, 2.75) is 26.8 Å². The summed E-state index contributed by atoms with van der Waals surface area (Å²) in [5.74, 6) is 0.329. The quantitative estimate of drug-likeness (QED) is 0.673. The van der Waals surface area contributed by atoms with Crippen LogP contribution in [0.3, 0.4) is 0 Å². The van der Waals surface area contributed by atoms with Gasteiger partial charge < -0.3 is 24.4 Å². The van der Waals surface area contributed by atoms with Crippen LogP contribution in [-0.4, -0.2) is 45.8 Å². The van der Waals surface area contributed by atoms with Crippen molar-refractivity contribution in [3.05, 3.63) is 39.8 Å². The second-order valence-corrected chi connectivity index (χ2v) is 7.87. The van der Waals surface area contributed by atoms with Gasteiger partial charge in [0.2, 0.25) is 0 Å². The van der Waals surface area contributed by atoms with Crippen molar-refractivity contribution in [2.24, 2.45) is 0 Å². The number of benzene rings is 1. The Hall–Kier alpha value is -2.58. The Kier molecular flexibility index (Phi) is 6.76. The number of methoxy groups -OCH3 is 2. The number of amides is 1. The summed E-state index contributed by atoms with van der Waals surface area (Å²) in [7, 11) is 3.06. The summed E-state index contributed by atoms with van der Waals surface area (Å²) in [5.41, 5.74) is 1.89. The maximum atomic E-state index is 12.9. The molecule has 1 aromatic heterocycles. The first kappa shape index (κ1) is 21.1. The highest BCUT2D eigenvalue weighted by Crippen LogP contribution is 2.36. The SMILES string of the molecule is CCOC(=O)c1c(NC(=O)c2cc(OC)cc(OC)c2)sc2c1CC[NH+](CC)C2. The highest BCUT2D eigenvalue weighted by molar-refractivity contribution is 7.17. The number of carbonyl (C=O) groups is 2. The van der Waals surface area contributed by atoms with E-state index in [1.165, 1.54) is 30.5 Å². The van der Waals surface area contributed by atoms with Gasteiger partial charge in [0.25, 0.3) is 5.91 Å². The van der Waals surface area contributed by atoms with Gasteiger partial charge in [-0.15, -0.1) is 11.3 Å². The van der Waals surface area contributed by atoms with Gasteiger partial charge in [0, 0.05) is 18.1 Å². The number of ether oxygens (including phenoxy) is 3. The fraction of sp³-hybridized carbons (Fsp3) is 0.429. The molecule has 8 heteroatoms. The van der Waals surface area contributed by atoms with E-state index < -0.39 is 0 Å². The Morgan fingerprint density at radius 1 is 1.14 bits per heavy atom. The lowest BCUT2D eigenvalue weighted by Crippen LogP contribution is -3.11. The molecule has 0 spiro atoms. The monoisotopic (exact) mass is 419 g/mol. The molecule has 0 radical (unpaired) electrons. The van der Waals surface area contributed by atoms with Crippen LogP contribution in [0.4, 0.5) is 5.00 Å². The largest absolute Gasteiger partial charge is 0.497 e. The molecule has 0 fully saturated rings. The summed E-state index contributed by atoms with van der Waals surface area (Å²) >= 11 is 1.46. The van der Waals surface area contributed by atoms with Crippen LogP contribution in [0.15, 0.2) is 18.2 Å². The molecule has 1 atom stereocenters. The third kappa shape index (κ3) is 4.54. The second-order valence-electron chi connectivity index (χ2n) is 6.76. The van der Waals surface area contributed by atoms with Crippen molar-refractivity contribution in [1.29, 1.82) is 0 Å². The summed E-state index contributed by atoms with van der Waals surface area (Å²) < 4.78 is 15.8. The Morgan fingerprint density at radius 3 is 2.41 bits per heavy atom. The third-order valence-electron chi connectivity index (χ3n) is 5.05. The summed E-state index contributed by atoms with van der Waals surface area (Å²) in [4.78, 5) is 28.2. The lowest BCUT2D eigenvalue weighted by molar-refractivity contribution is -0.913. The number of hydrogen-bond acceptors (Lipinski definition) is 6. The number of anilines is 1. The zero-order chi connectivity index (χ0) is 21.0. The summed E-state index contributed by atoms with van der Waals surface area (Å²) in [6.45, 7) is 7.06. The van der Waals surface area contributed by atoms with E-state index in [1.54, 1.807) is 25.1 Å². The summed E-state index contributed by atoms with van der Waals surface area (Å²) in [5, 5.41) is 3.46. The van der Waals surface area contributed by atoms with Gasteiger partial charge in [0.15, 0.2) is 0 Å². The third-order valence-corrected chi connectivity index (χ3v) is 6.20. The molecule has 1 aromatic carbocycles. The lowest BCUT2D eigenvalue weighted by atomic mass is 10.0. The van der Waals surface area contributed by atoms with E-state index in [4.69, 9.17) is 14.2 Å². The van der Waals surface area contributed by atoms with E-state index >= 15 is 0 Å². The van der Waals surface area contributed by atoms with Crippen molar-refractivity contribution >= 4 is 28.2 Å². The van der Waals surface area contributed by atoms with Crippen LogP contribution in [0.25, 0.3) is 0 Å². The smallest absolute Gasteiger partial charge is 0.341 e. The fourth-order valence-corrected chi connectivity index (χ4v) is 4.76. The van der Waals surface area contributed by atoms with Gasteiger partial charge in [-0.2, -0.15) is 0 Å². The van der Waals surface area contributed by atoms with Gasteiger partial charge in [-0.05, 0) is 31.5 Å². The van der Waals surface area contributed by atoms with Crippen molar-refractivity contribution in [2.75, 3.05) is 39.2 Å². The molecule has 0 aliphatic carbocycles. The van der Waals surface area contributed by atoms with Crippen LogP contribution >= 0.6 is 11.3 Å². The molecule has 0 saturated carbocycles. The number of fused-ring (bicyclic) bond motifs is 1. The van der Waals surface area contributed by atoms with Crippen molar-refractivity contribution in [1.82, 2.24) is 0 Å². The highest BCUT2D eigenvalue weighted by Gasteiger charge is 2.31. The van der Waals surface area contributed by atoms with Crippen LogP contribution in [0, 0.1) is 0 Å². The summed E-state index contributed by atoms with van der Waals surface area (Å²) in [6, 6.07) is 4.98. The van der Waals surface area contributed by atoms with Crippen molar-refractivity contribution < 1.29 is 28.7 Å². The minimum Gasteiger partial charge on any atom is -0.497 e. The van der Waals surface area contributed by atoms with Crippen LogP contribution in [-0.2, 0) is 17.7 Å². The van der Waals surface area contributed by atoms with E-state index in [9.17, 15) is 9.59 Å². The van der Waals surface area contributed by atoms with Gasteiger partial charge in [-0.3, -0.25) is 4.79 Å². The molecule has 0 bridgehead atoms. The van der Waals surface area contributed by atoms with Crippen LogP contribution in [0.1, 0.15) is 45.0 Å². The Morgan fingerprint density at radius 2 is 1.83 bits per heavy atom. The number of quaternary nitrogens is 1. The average Bonchev–Trinajstić information content (AvgIpc) is 3.10. The van der Waals surface area contributed by atoms with E-state index in [-0.39, 0.29) is 18.5 Å². The van der Waals surface area contributed by atoms with Gasteiger partial charge in [0.05, 0.1) is 44.4 Å². The molecule has 2 aromatic rings. The summed E-state index contributed by atoms with van der Waals surface area (Å²) in [6.07, 6.45) is 0.798. The zero-order valence-corrected chi connectivity index (χ0v) is 18.0. The molecule has 0 saturated heterocycles. The van der Waals surface area contributed by atoms with Crippen molar-refractivity contribution in [3.8, 4) is 11.5 Å². The van der Waals surface area contributed by atoms with Gasteiger partial charge >= 0.3 is 5.97 Å². The maximum absolute atomic E-state index is 12.9. The number of nitrogens with one attached hydrogen (secondary N) is 2. The van der Waals surface area contributed by atoms with Crippen LogP contribution in [0.2, 0.25) is 0 Å². The van der Waals surface area contributed by atoms with Crippen LogP contribution < -0.4 is 19.7 Å². The molecule has 1 amide bonds. The zero-order valence-electron chi connectivity index (χ0n) is 17.2. The molecule has 1 aliphatic rings. The molecule has 2 N–H and O–H groups in total. The topological polar surface area (TPSA) is 78.3 Å². The number of rotatable bonds is 7. The molecular formula is C21H27N2O5S+. The highest BCUT2D eigenvalue weighted by atomic mass is 32.1. The number of carbonyl (C=O) groups excluding carboxylic acids is 2. The van der Waals surface area contributed by atoms with E-state index in [1.807, 2.05) is 0 Å². The molecule has 1 aliphatic heterocycles. The average molecular weight is 420 g/mol. The predicted octanol–water partition coefficient (Wildman–Crippen LogP) is 2.16. The second kappa shape index (κ2) is 9.28. The van der Waals surface area contributed by atoms with Crippen molar-refractivity contribution in [3.63, 3.8) is 0 Å². The van der Waals surface area contributed by atoms with Gasteiger partial charge in [-0.1, -0.05) is 0 Å². The Balaban J connectivity index is 1.95. The first-order chi connectivity index (χ1) is 14.0. The number of likely N-dealkylation sites (N-methyl/N-ethyl adjacent to an activating group) is 1. The lowest BCUT2D eigenvalue weighted by Gasteiger charge is -2.22. The van der Waals surface area contributed by atoms with Gasteiger partial charge in [0.1, 0.15) is 23.0 Å². The molecule has 3 rings (SSSR count). The first-order valence-electron chi connectivity index (χ1n) is 9.70.